The Labute approximate surface area is 224 Å². The van der Waals surface area contributed by atoms with Crippen molar-refractivity contribution in [2.24, 2.45) is 0 Å². The maximum Gasteiger partial charge on any atom is 0.166 e. The number of unbranched alkanes of at least 4 members (excludes halogenated alkanes) is 1. The highest BCUT2D eigenvalue weighted by atomic mass is 19.2. The number of ether oxygens (including phenoxy) is 2. The van der Waals surface area contributed by atoms with Crippen LogP contribution in [-0.2, 0) is 4.74 Å². The molecule has 38 heavy (non-hydrogen) atoms. The van der Waals surface area contributed by atoms with E-state index in [-0.39, 0.29) is 23.3 Å². The zero-order valence-corrected chi connectivity index (χ0v) is 22.3. The Morgan fingerprint density at radius 3 is 2.16 bits per heavy atom. The second-order valence-electron chi connectivity index (χ2n) is 10.0. The van der Waals surface area contributed by atoms with E-state index in [2.05, 4.69) is 13.8 Å². The molecule has 0 spiro atoms. The van der Waals surface area contributed by atoms with Gasteiger partial charge in [0, 0.05) is 12.2 Å². The fourth-order valence-corrected chi connectivity index (χ4v) is 4.96. The standard InChI is InChI=1S/C33H37F3O2/c1-3-5-21-38-31-19-10-24(22-30(31)34)7-6-23-8-11-25(12-9-23)28-17-18-29(33(36)32(28)35)26-13-15-27(16-14-26)37-20-4-2/h6-12,17-19,22,26-27H,3-5,13-16,20-21H2,1-2H3/b7-6+. The molecule has 1 aliphatic rings. The average Bonchev–Trinajstić information content (AvgIpc) is 2.94. The summed E-state index contributed by atoms with van der Waals surface area (Å²) < 4.78 is 55.8. The molecule has 0 unspecified atom stereocenters. The lowest BCUT2D eigenvalue weighted by Crippen LogP contribution is -2.21. The number of rotatable bonds is 11. The average molecular weight is 523 g/mol. The Bertz CT molecular complexity index is 1210. The summed E-state index contributed by atoms with van der Waals surface area (Å²) in [6.07, 6.45) is 10.1. The molecule has 3 aromatic carbocycles. The molecule has 0 amide bonds. The Morgan fingerprint density at radius 1 is 0.763 bits per heavy atom. The zero-order valence-electron chi connectivity index (χ0n) is 22.3. The third-order valence-corrected chi connectivity index (χ3v) is 7.19. The van der Waals surface area contributed by atoms with Crippen LogP contribution in [0.1, 0.15) is 81.4 Å². The van der Waals surface area contributed by atoms with Gasteiger partial charge in [-0.3, -0.25) is 0 Å². The van der Waals surface area contributed by atoms with Crippen LogP contribution in [0.4, 0.5) is 13.2 Å². The van der Waals surface area contributed by atoms with Crippen LogP contribution < -0.4 is 4.74 Å². The molecule has 4 rings (SSSR count). The molecule has 202 valence electrons. The lowest BCUT2D eigenvalue weighted by atomic mass is 9.82. The second kappa shape index (κ2) is 13.7. The van der Waals surface area contributed by atoms with Gasteiger partial charge in [-0.15, -0.1) is 0 Å². The Kier molecular flexibility index (Phi) is 10.1. The van der Waals surface area contributed by atoms with Crippen LogP contribution >= 0.6 is 0 Å². The molecule has 0 N–H and O–H groups in total. The third-order valence-electron chi connectivity index (χ3n) is 7.19. The predicted molar refractivity (Wildman–Crippen MR) is 149 cm³/mol. The Balaban J connectivity index is 1.40. The van der Waals surface area contributed by atoms with E-state index < -0.39 is 17.5 Å². The van der Waals surface area contributed by atoms with Gasteiger partial charge in [-0.1, -0.05) is 74.9 Å². The van der Waals surface area contributed by atoms with Crippen LogP contribution in [0, 0.1) is 17.5 Å². The van der Waals surface area contributed by atoms with E-state index in [1.807, 2.05) is 24.3 Å². The van der Waals surface area contributed by atoms with Gasteiger partial charge in [0.25, 0.3) is 0 Å². The van der Waals surface area contributed by atoms with E-state index in [1.54, 1.807) is 36.4 Å². The molecule has 0 radical (unpaired) electrons. The van der Waals surface area contributed by atoms with Gasteiger partial charge < -0.3 is 9.47 Å². The van der Waals surface area contributed by atoms with Crippen molar-refractivity contribution in [2.45, 2.75) is 70.8 Å². The van der Waals surface area contributed by atoms with Crippen molar-refractivity contribution in [1.29, 1.82) is 0 Å². The number of halogens is 3. The summed E-state index contributed by atoms with van der Waals surface area (Å²) in [5.41, 5.74) is 2.92. The molecule has 1 fully saturated rings. The first-order chi connectivity index (χ1) is 18.5. The van der Waals surface area contributed by atoms with Crippen LogP contribution in [0.25, 0.3) is 23.3 Å². The minimum Gasteiger partial charge on any atom is -0.491 e. The molecular formula is C33H37F3O2. The fraction of sp³-hybridized carbons (Fsp3) is 0.394. The first-order valence-corrected chi connectivity index (χ1v) is 13.8. The predicted octanol–water partition coefficient (Wildman–Crippen LogP) is 9.57. The Hall–Kier alpha value is -3.05. The van der Waals surface area contributed by atoms with E-state index in [0.717, 1.165) is 57.1 Å². The van der Waals surface area contributed by atoms with E-state index in [0.29, 0.717) is 23.3 Å². The van der Waals surface area contributed by atoms with Crippen molar-refractivity contribution in [2.75, 3.05) is 13.2 Å². The van der Waals surface area contributed by atoms with Gasteiger partial charge >= 0.3 is 0 Å². The maximum absolute atomic E-state index is 15.1. The van der Waals surface area contributed by atoms with Crippen molar-refractivity contribution in [3.05, 3.63) is 88.7 Å². The van der Waals surface area contributed by atoms with E-state index in [1.165, 1.54) is 6.07 Å². The lowest BCUT2D eigenvalue weighted by Gasteiger charge is -2.29. The van der Waals surface area contributed by atoms with Gasteiger partial charge in [0.2, 0.25) is 0 Å². The molecule has 2 nitrogen and oxygen atoms in total. The second-order valence-corrected chi connectivity index (χ2v) is 10.0. The Morgan fingerprint density at radius 2 is 1.47 bits per heavy atom. The number of hydrogen-bond donors (Lipinski definition) is 0. The van der Waals surface area contributed by atoms with Crippen LogP contribution in [0.2, 0.25) is 0 Å². The van der Waals surface area contributed by atoms with Crippen LogP contribution in [-0.4, -0.2) is 19.3 Å². The molecule has 0 bridgehead atoms. The normalized spacial score (nSPS) is 17.7. The largest absolute Gasteiger partial charge is 0.491 e. The topological polar surface area (TPSA) is 18.5 Å². The van der Waals surface area contributed by atoms with Gasteiger partial charge in [-0.05, 0) is 78.8 Å². The minimum atomic E-state index is -0.799. The summed E-state index contributed by atoms with van der Waals surface area (Å²) in [6.45, 7) is 5.39. The fourth-order valence-electron chi connectivity index (χ4n) is 4.96. The molecule has 5 heteroatoms. The molecule has 0 atom stereocenters. The molecule has 0 aromatic heterocycles. The highest BCUT2D eigenvalue weighted by Gasteiger charge is 2.26. The van der Waals surface area contributed by atoms with E-state index in [9.17, 15) is 4.39 Å². The molecule has 0 aliphatic heterocycles. The first-order valence-electron chi connectivity index (χ1n) is 13.8. The number of hydrogen-bond acceptors (Lipinski definition) is 2. The van der Waals surface area contributed by atoms with Crippen LogP contribution in [0.5, 0.6) is 5.75 Å². The van der Waals surface area contributed by atoms with Crippen molar-refractivity contribution < 1.29 is 22.6 Å². The quantitative estimate of drug-likeness (QED) is 0.184. The summed E-state index contributed by atoms with van der Waals surface area (Å²) in [5.74, 6) is -1.65. The summed E-state index contributed by atoms with van der Waals surface area (Å²) >= 11 is 0. The molecule has 1 saturated carbocycles. The van der Waals surface area contributed by atoms with Gasteiger partial charge in [0.05, 0.1) is 12.7 Å². The third kappa shape index (κ3) is 7.08. The summed E-state index contributed by atoms with van der Waals surface area (Å²) in [7, 11) is 0. The first kappa shape index (κ1) is 28.0. The number of benzene rings is 3. The van der Waals surface area contributed by atoms with Crippen molar-refractivity contribution in [3.63, 3.8) is 0 Å². The lowest BCUT2D eigenvalue weighted by molar-refractivity contribution is 0.0249. The molecular weight excluding hydrogens is 485 g/mol. The van der Waals surface area contributed by atoms with Crippen LogP contribution in [0.15, 0.2) is 54.6 Å². The van der Waals surface area contributed by atoms with Crippen LogP contribution in [0.3, 0.4) is 0 Å². The van der Waals surface area contributed by atoms with E-state index in [4.69, 9.17) is 9.47 Å². The molecule has 0 heterocycles. The highest BCUT2D eigenvalue weighted by Crippen LogP contribution is 2.38. The van der Waals surface area contributed by atoms with Gasteiger partial charge in [0.1, 0.15) is 0 Å². The summed E-state index contributed by atoms with van der Waals surface area (Å²) in [4.78, 5) is 0. The SMILES string of the molecule is CCCCOc1ccc(/C=C/c2ccc(-c3ccc(C4CCC(OCCC)CC4)c(F)c3F)cc2)cc1F. The smallest absolute Gasteiger partial charge is 0.166 e. The molecule has 1 aliphatic carbocycles. The van der Waals surface area contributed by atoms with Crippen molar-refractivity contribution in [3.8, 4) is 16.9 Å². The maximum atomic E-state index is 15.1. The van der Waals surface area contributed by atoms with E-state index >= 15 is 8.78 Å². The monoisotopic (exact) mass is 522 g/mol. The van der Waals surface area contributed by atoms with Gasteiger partial charge in [-0.2, -0.15) is 0 Å². The zero-order chi connectivity index (χ0) is 26.9. The molecule has 0 saturated heterocycles. The van der Waals surface area contributed by atoms with Gasteiger partial charge in [-0.25, -0.2) is 13.2 Å². The highest BCUT2D eigenvalue weighted by molar-refractivity contribution is 5.72. The van der Waals surface area contributed by atoms with Gasteiger partial charge in [0.15, 0.2) is 23.2 Å². The van der Waals surface area contributed by atoms with Crippen molar-refractivity contribution >= 4 is 12.2 Å². The summed E-state index contributed by atoms with van der Waals surface area (Å²) in [5, 5.41) is 0. The summed E-state index contributed by atoms with van der Waals surface area (Å²) in [6, 6.07) is 15.5. The minimum absolute atomic E-state index is 0.0225. The van der Waals surface area contributed by atoms with Crippen molar-refractivity contribution in [1.82, 2.24) is 0 Å². The molecule has 3 aromatic rings.